The predicted molar refractivity (Wildman–Crippen MR) is 61.4 cm³/mol. The largest absolute Gasteiger partial charge is 0.379 e. The molecule has 0 saturated heterocycles. The fraction of sp³-hybridized carbons (Fsp3) is 0.923. The van der Waals surface area contributed by atoms with Crippen molar-refractivity contribution in [3.05, 3.63) is 0 Å². The van der Waals surface area contributed by atoms with E-state index >= 15 is 0 Å². The van der Waals surface area contributed by atoms with E-state index in [4.69, 9.17) is 4.74 Å². The van der Waals surface area contributed by atoms with Crippen LogP contribution in [0.1, 0.15) is 52.9 Å². The van der Waals surface area contributed by atoms with Gasteiger partial charge in [-0.15, -0.1) is 0 Å². The Labute approximate surface area is 93.6 Å². The quantitative estimate of drug-likeness (QED) is 0.709. The molecule has 0 aliphatic heterocycles. The fourth-order valence-electron chi connectivity index (χ4n) is 2.53. The highest BCUT2D eigenvalue weighted by atomic mass is 16.5. The molecule has 1 fully saturated rings. The molecule has 1 rings (SSSR count). The molecule has 0 N–H and O–H groups in total. The van der Waals surface area contributed by atoms with Crippen LogP contribution in [-0.2, 0) is 4.74 Å². The molecule has 0 amide bonds. The summed E-state index contributed by atoms with van der Waals surface area (Å²) in [6.45, 7) is 7.08. The Balaban J connectivity index is 2.42. The number of nitrogens with zero attached hydrogens (tertiary/aromatic N) is 1. The molecule has 2 nitrogen and oxygen atoms in total. The Morgan fingerprint density at radius 1 is 1.53 bits per heavy atom. The van der Waals surface area contributed by atoms with Crippen molar-refractivity contribution in [2.75, 3.05) is 6.61 Å². The molecule has 2 atom stereocenters. The van der Waals surface area contributed by atoms with Crippen molar-refractivity contribution in [2.24, 2.45) is 11.3 Å². The van der Waals surface area contributed by atoms with Crippen LogP contribution in [-0.4, -0.2) is 12.7 Å². The van der Waals surface area contributed by atoms with E-state index in [1.54, 1.807) is 0 Å². The SMILES string of the molecule is CC1CCCC(C#N)(CCOC(C)C)C1. The monoisotopic (exact) mass is 209 g/mol. The molecular weight excluding hydrogens is 186 g/mol. The van der Waals surface area contributed by atoms with Gasteiger partial charge >= 0.3 is 0 Å². The zero-order chi connectivity index (χ0) is 11.3. The Bertz CT molecular complexity index is 231. The first-order chi connectivity index (χ1) is 7.08. The van der Waals surface area contributed by atoms with E-state index in [1.807, 2.05) is 13.8 Å². The highest BCUT2D eigenvalue weighted by molar-refractivity contribution is 5.01. The molecule has 15 heavy (non-hydrogen) atoms. The van der Waals surface area contributed by atoms with Gasteiger partial charge in [0, 0.05) is 6.61 Å². The van der Waals surface area contributed by atoms with Crippen molar-refractivity contribution < 1.29 is 4.74 Å². The van der Waals surface area contributed by atoms with Crippen molar-refractivity contribution in [3.8, 4) is 6.07 Å². The summed E-state index contributed by atoms with van der Waals surface area (Å²) in [5.74, 6) is 0.706. The van der Waals surface area contributed by atoms with Crippen LogP contribution in [0.3, 0.4) is 0 Å². The minimum atomic E-state index is -0.0907. The molecule has 0 aromatic rings. The summed E-state index contributed by atoms with van der Waals surface area (Å²) >= 11 is 0. The van der Waals surface area contributed by atoms with Gasteiger partial charge in [0.05, 0.1) is 17.6 Å². The van der Waals surface area contributed by atoms with E-state index < -0.39 is 0 Å². The molecule has 0 aromatic carbocycles. The summed E-state index contributed by atoms with van der Waals surface area (Å²) < 4.78 is 5.56. The van der Waals surface area contributed by atoms with Gasteiger partial charge in [0.25, 0.3) is 0 Å². The van der Waals surface area contributed by atoms with Gasteiger partial charge < -0.3 is 4.74 Å². The first-order valence-electron chi connectivity index (χ1n) is 6.11. The van der Waals surface area contributed by atoms with E-state index in [0.717, 1.165) is 25.9 Å². The fourth-order valence-corrected chi connectivity index (χ4v) is 2.53. The van der Waals surface area contributed by atoms with Crippen LogP contribution in [0.4, 0.5) is 0 Å². The number of rotatable bonds is 4. The van der Waals surface area contributed by atoms with Gasteiger partial charge in [0.2, 0.25) is 0 Å². The molecule has 0 spiro atoms. The summed E-state index contributed by atoms with van der Waals surface area (Å²) in [4.78, 5) is 0. The van der Waals surface area contributed by atoms with Crippen LogP contribution in [0.25, 0.3) is 0 Å². The molecule has 1 aliphatic rings. The lowest BCUT2D eigenvalue weighted by molar-refractivity contribution is 0.0491. The Morgan fingerprint density at radius 2 is 2.27 bits per heavy atom. The van der Waals surface area contributed by atoms with Crippen LogP contribution >= 0.6 is 0 Å². The van der Waals surface area contributed by atoms with Gasteiger partial charge in [-0.05, 0) is 39.0 Å². The molecule has 0 bridgehead atoms. The van der Waals surface area contributed by atoms with Crippen molar-refractivity contribution in [3.63, 3.8) is 0 Å². The number of ether oxygens (including phenoxy) is 1. The second-order valence-electron chi connectivity index (χ2n) is 5.26. The summed E-state index contributed by atoms with van der Waals surface area (Å²) in [7, 11) is 0. The second kappa shape index (κ2) is 5.51. The maximum absolute atomic E-state index is 9.32. The lowest BCUT2D eigenvalue weighted by atomic mass is 9.69. The molecule has 0 heterocycles. The Hall–Kier alpha value is -0.550. The molecule has 2 heteroatoms. The van der Waals surface area contributed by atoms with E-state index in [2.05, 4.69) is 13.0 Å². The van der Waals surface area contributed by atoms with Crippen LogP contribution in [0.5, 0.6) is 0 Å². The third-order valence-corrected chi connectivity index (χ3v) is 3.36. The lowest BCUT2D eigenvalue weighted by Crippen LogP contribution is -2.28. The van der Waals surface area contributed by atoms with E-state index in [9.17, 15) is 5.26 Å². The molecule has 0 aromatic heterocycles. The standard InChI is InChI=1S/C13H23NO/c1-11(2)15-8-7-13(10-14)6-4-5-12(3)9-13/h11-12H,4-9H2,1-3H3. The van der Waals surface area contributed by atoms with Crippen molar-refractivity contribution in [2.45, 2.75) is 59.0 Å². The molecule has 2 unspecified atom stereocenters. The summed E-state index contributed by atoms with van der Waals surface area (Å²) in [5.41, 5.74) is -0.0907. The highest BCUT2D eigenvalue weighted by Crippen LogP contribution is 2.41. The maximum Gasteiger partial charge on any atom is 0.0690 e. The first-order valence-corrected chi connectivity index (χ1v) is 6.11. The third-order valence-electron chi connectivity index (χ3n) is 3.36. The average molecular weight is 209 g/mol. The summed E-state index contributed by atoms with van der Waals surface area (Å²) in [6, 6.07) is 2.54. The number of nitriles is 1. The van der Waals surface area contributed by atoms with E-state index in [-0.39, 0.29) is 11.5 Å². The lowest BCUT2D eigenvalue weighted by Gasteiger charge is -2.34. The topological polar surface area (TPSA) is 33.0 Å². The Kier molecular flexibility index (Phi) is 4.60. The molecule has 1 saturated carbocycles. The number of hydrogen-bond acceptors (Lipinski definition) is 2. The normalized spacial score (nSPS) is 31.5. The van der Waals surface area contributed by atoms with Crippen LogP contribution in [0.15, 0.2) is 0 Å². The van der Waals surface area contributed by atoms with Gasteiger partial charge in [-0.1, -0.05) is 19.8 Å². The Morgan fingerprint density at radius 3 is 2.80 bits per heavy atom. The van der Waals surface area contributed by atoms with Crippen molar-refractivity contribution in [1.82, 2.24) is 0 Å². The van der Waals surface area contributed by atoms with Gasteiger partial charge in [-0.2, -0.15) is 5.26 Å². The average Bonchev–Trinajstić information content (AvgIpc) is 2.17. The maximum atomic E-state index is 9.32. The van der Waals surface area contributed by atoms with Crippen LogP contribution < -0.4 is 0 Å². The first kappa shape index (κ1) is 12.5. The second-order valence-corrected chi connectivity index (χ2v) is 5.26. The van der Waals surface area contributed by atoms with Crippen molar-refractivity contribution >= 4 is 0 Å². The van der Waals surface area contributed by atoms with Crippen molar-refractivity contribution in [1.29, 1.82) is 5.26 Å². The van der Waals surface area contributed by atoms with Crippen LogP contribution in [0, 0.1) is 22.7 Å². The van der Waals surface area contributed by atoms with Crippen LogP contribution in [0.2, 0.25) is 0 Å². The van der Waals surface area contributed by atoms with Gasteiger partial charge in [-0.25, -0.2) is 0 Å². The molecular formula is C13H23NO. The minimum absolute atomic E-state index is 0.0907. The zero-order valence-electron chi connectivity index (χ0n) is 10.3. The summed E-state index contributed by atoms with van der Waals surface area (Å²) in [6.07, 6.45) is 5.80. The molecule has 0 radical (unpaired) electrons. The predicted octanol–water partition coefficient (Wildman–Crippen LogP) is 3.52. The summed E-state index contributed by atoms with van der Waals surface area (Å²) in [5, 5.41) is 9.32. The third kappa shape index (κ3) is 3.83. The highest BCUT2D eigenvalue weighted by Gasteiger charge is 2.34. The van der Waals surface area contributed by atoms with Gasteiger partial charge in [0.15, 0.2) is 0 Å². The molecule has 86 valence electrons. The zero-order valence-corrected chi connectivity index (χ0v) is 10.3. The van der Waals surface area contributed by atoms with E-state index in [0.29, 0.717) is 5.92 Å². The minimum Gasteiger partial charge on any atom is -0.379 e. The molecule has 1 aliphatic carbocycles. The smallest absolute Gasteiger partial charge is 0.0690 e. The van der Waals surface area contributed by atoms with Gasteiger partial charge in [-0.3, -0.25) is 0 Å². The van der Waals surface area contributed by atoms with Gasteiger partial charge in [0.1, 0.15) is 0 Å². The number of hydrogen-bond donors (Lipinski definition) is 0. The van der Waals surface area contributed by atoms with E-state index in [1.165, 1.54) is 12.8 Å².